The van der Waals surface area contributed by atoms with E-state index in [0.717, 1.165) is 11.3 Å². The van der Waals surface area contributed by atoms with E-state index in [2.05, 4.69) is 15.4 Å². The van der Waals surface area contributed by atoms with E-state index >= 15 is 0 Å². The van der Waals surface area contributed by atoms with Gasteiger partial charge < -0.3 is 9.88 Å². The van der Waals surface area contributed by atoms with Crippen LogP contribution in [0.15, 0.2) is 79.5 Å². The third-order valence-electron chi connectivity index (χ3n) is 3.86. The van der Waals surface area contributed by atoms with Gasteiger partial charge in [-0.15, -0.1) is 0 Å². The van der Waals surface area contributed by atoms with Crippen LogP contribution in [-0.4, -0.2) is 25.4 Å². The maximum Gasteiger partial charge on any atom is 0.346 e. The first kappa shape index (κ1) is 16.1. The highest BCUT2D eigenvalue weighted by atomic mass is 35.5. The van der Waals surface area contributed by atoms with E-state index in [4.69, 9.17) is 11.6 Å². The minimum atomic E-state index is -0.339. The minimum Gasteiger partial charge on any atom is -0.306 e. The van der Waals surface area contributed by atoms with Crippen LogP contribution < -0.4 is 5.32 Å². The first-order chi connectivity index (χ1) is 12.7. The summed E-state index contributed by atoms with van der Waals surface area (Å²) in [5, 5.41) is 7.73. The molecule has 26 heavy (non-hydrogen) atoms. The summed E-state index contributed by atoms with van der Waals surface area (Å²) in [4.78, 5) is 16.3. The second-order valence-corrected chi connectivity index (χ2v) is 6.04. The van der Waals surface area contributed by atoms with Gasteiger partial charge in [-0.25, -0.2) is 9.78 Å². The molecule has 0 saturated carbocycles. The highest BCUT2D eigenvalue weighted by Crippen LogP contribution is 2.19. The average molecular weight is 364 g/mol. The highest BCUT2D eigenvalue weighted by molar-refractivity contribution is 6.30. The van der Waals surface area contributed by atoms with Gasteiger partial charge in [-0.3, -0.25) is 0 Å². The van der Waals surface area contributed by atoms with Crippen LogP contribution in [0.3, 0.4) is 0 Å². The summed E-state index contributed by atoms with van der Waals surface area (Å²) >= 11 is 5.84. The lowest BCUT2D eigenvalue weighted by atomic mass is 10.1. The summed E-state index contributed by atoms with van der Waals surface area (Å²) in [6.07, 6.45) is 6.98. The maximum absolute atomic E-state index is 12.3. The SMILES string of the molecule is O=C(Nc1ccc(Cl)cc1)n1ccc(-c2ccc(-n3ccnc3)cc2)n1. The number of benzene rings is 2. The summed E-state index contributed by atoms with van der Waals surface area (Å²) in [7, 11) is 0. The van der Waals surface area contributed by atoms with Crippen molar-refractivity contribution in [1.82, 2.24) is 19.3 Å². The Hall–Kier alpha value is -3.38. The van der Waals surface area contributed by atoms with Crippen LogP contribution in [0.1, 0.15) is 0 Å². The number of hydrogen-bond donors (Lipinski definition) is 1. The predicted molar refractivity (Wildman–Crippen MR) is 101 cm³/mol. The van der Waals surface area contributed by atoms with Crippen LogP contribution >= 0.6 is 11.6 Å². The number of halogens is 1. The maximum atomic E-state index is 12.3. The Morgan fingerprint density at radius 1 is 0.962 bits per heavy atom. The molecule has 4 rings (SSSR count). The second kappa shape index (κ2) is 6.85. The Morgan fingerprint density at radius 2 is 1.73 bits per heavy atom. The van der Waals surface area contributed by atoms with Gasteiger partial charge in [0.05, 0.1) is 12.0 Å². The van der Waals surface area contributed by atoms with Gasteiger partial charge in [0.25, 0.3) is 0 Å². The van der Waals surface area contributed by atoms with E-state index in [9.17, 15) is 4.79 Å². The fourth-order valence-corrected chi connectivity index (χ4v) is 2.65. The van der Waals surface area contributed by atoms with E-state index in [0.29, 0.717) is 16.4 Å². The predicted octanol–water partition coefficient (Wildman–Crippen LogP) is 4.47. The zero-order valence-electron chi connectivity index (χ0n) is 13.6. The van der Waals surface area contributed by atoms with Gasteiger partial charge in [-0.2, -0.15) is 9.78 Å². The summed E-state index contributed by atoms with van der Waals surface area (Å²) in [6.45, 7) is 0. The molecule has 0 unspecified atom stereocenters. The van der Waals surface area contributed by atoms with Gasteiger partial charge in [-0.1, -0.05) is 23.7 Å². The number of anilines is 1. The molecule has 6 nitrogen and oxygen atoms in total. The molecule has 0 fully saturated rings. The molecule has 0 aliphatic rings. The molecule has 1 N–H and O–H groups in total. The molecule has 1 amide bonds. The van der Waals surface area contributed by atoms with E-state index in [1.54, 1.807) is 49.1 Å². The number of carbonyl (C=O) groups excluding carboxylic acids is 1. The third kappa shape index (κ3) is 3.36. The summed E-state index contributed by atoms with van der Waals surface area (Å²) < 4.78 is 3.19. The van der Waals surface area contributed by atoms with Crippen LogP contribution in [-0.2, 0) is 0 Å². The average Bonchev–Trinajstić information content (AvgIpc) is 3.36. The molecule has 0 spiro atoms. The normalized spacial score (nSPS) is 10.7. The number of nitrogens with zero attached hydrogens (tertiary/aromatic N) is 4. The molecular weight excluding hydrogens is 350 g/mol. The Kier molecular flexibility index (Phi) is 4.25. The molecule has 0 aliphatic heterocycles. The van der Waals surface area contributed by atoms with E-state index in [1.165, 1.54) is 4.68 Å². The van der Waals surface area contributed by atoms with Crippen LogP contribution in [0.5, 0.6) is 0 Å². The Labute approximate surface area is 154 Å². The van der Waals surface area contributed by atoms with Crippen molar-refractivity contribution in [3.05, 3.63) is 84.5 Å². The molecule has 0 aliphatic carbocycles. The van der Waals surface area contributed by atoms with Crippen molar-refractivity contribution in [2.75, 3.05) is 5.32 Å². The lowest BCUT2D eigenvalue weighted by molar-refractivity contribution is 0.251. The number of hydrogen-bond acceptors (Lipinski definition) is 3. The lowest BCUT2D eigenvalue weighted by Crippen LogP contribution is -2.19. The molecular formula is C19H14ClN5O. The van der Waals surface area contributed by atoms with Crippen molar-refractivity contribution in [3.8, 4) is 16.9 Å². The van der Waals surface area contributed by atoms with Crippen molar-refractivity contribution in [1.29, 1.82) is 0 Å². The minimum absolute atomic E-state index is 0.339. The monoisotopic (exact) mass is 363 g/mol. The smallest absolute Gasteiger partial charge is 0.306 e. The zero-order chi connectivity index (χ0) is 17.9. The standard InChI is InChI=1S/C19H14ClN5O/c20-15-3-5-16(6-4-15)22-19(26)25-11-9-18(23-25)14-1-7-17(8-2-14)24-12-10-21-13-24/h1-13H,(H,22,26). The number of amides is 1. The second-order valence-electron chi connectivity index (χ2n) is 5.60. The number of imidazole rings is 1. The third-order valence-corrected chi connectivity index (χ3v) is 4.11. The summed E-state index contributed by atoms with van der Waals surface area (Å²) in [5.74, 6) is 0. The van der Waals surface area contributed by atoms with Gasteiger partial charge in [0.2, 0.25) is 0 Å². The highest BCUT2D eigenvalue weighted by Gasteiger charge is 2.09. The van der Waals surface area contributed by atoms with Gasteiger partial charge in [0.1, 0.15) is 0 Å². The quantitative estimate of drug-likeness (QED) is 0.584. The first-order valence-electron chi connectivity index (χ1n) is 7.90. The molecule has 128 valence electrons. The molecule has 2 aromatic carbocycles. The molecule has 4 aromatic rings. The van der Waals surface area contributed by atoms with Crippen molar-refractivity contribution in [2.45, 2.75) is 0 Å². The van der Waals surface area contributed by atoms with Gasteiger partial charge in [0, 0.05) is 40.6 Å². The molecule has 7 heteroatoms. The largest absolute Gasteiger partial charge is 0.346 e. The Balaban J connectivity index is 1.50. The van der Waals surface area contributed by atoms with Crippen LogP contribution in [0.2, 0.25) is 5.02 Å². The van der Waals surface area contributed by atoms with E-state index in [-0.39, 0.29) is 6.03 Å². The number of rotatable bonds is 3. The van der Waals surface area contributed by atoms with E-state index in [1.807, 2.05) is 35.0 Å². The molecule has 2 aromatic heterocycles. The van der Waals surface area contributed by atoms with Crippen LogP contribution in [0.25, 0.3) is 16.9 Å². The number of aromatic nitrogens is 4. The molecule has 0 saturated heterocycles. The fourth-order valence-electron chi connectivity index (χ4n) is 2.52. The molecule has 0 atom stereocenters. The van der Waals surface area contributed by atoms with Crippen molar-refractivity contribution < 1.29 is 4.79 Å². The van der Waals surface area contributed by atoms with Gasteiger partial charge >= 0.3 is 6.03 Å². The Bertz CT molecular complexity index is 1020. The van der Waals surface area contributed by atoms with E-state index < -0.39 is 0 Å². The van der Waals surface area contributed by atoms with Gasteiger partial charge in [0.15, 0.2) is 0 Å². The Morgan fingerprint density at radius 3 is 2.42 bits per heavy atom. The molecule has 2 heterocycles. The zero-order valence-corrected chi connectivity index (χ0v) is 14.3. The van der Waals surface area contributed by atoms with Crippen LogP contribution in [0.4, 0.5) is 10.5 Å². The fraction of sp³-hybridized carbons (Fsp3) is 0. The van der Waals surface area contributed by atoms with Crippen LogP contribution in [0, 0.1) is 0 Å². The summed E-state index contributed by atoms with van der Waals surface area (Å²) in [5.41, 5.74) is 3.30. The molecule has 0 bridgehead atoms. The summed E-state index contributed by atoms with van der Waals surface area (Å²) in [6, 6.07) is 16.2. The lowest BCUT2D eigenvalue weighted by Gasteiger charge is -2.05. The van der Waals surface area contributed by atoms with Crippen molar-refractivity contribution in [2.24, 2.45) is 0 Å². The number of nitrogens with one attached hydrogen (secondary N) is 1. The van der Waals surface area contributed by atoms with Crippen molar-refractivity contribution >= 4 is 23.3 Å². The van der Waals surface area contributed by atoms with Gasteiger partial charge in [-0.05, 0) is 42.5 Å². The first-order valence-corrected chi connectivity index (χ1v) is 8.28. The number of carbonyl (C=O) groups is 1. The molecule has 0 radical (unpaired) electrons. The van der Waals surface area contributed by atoms with Crippen molar-refractivity contribution in [3.63, 3.8) is 0 Å². The topological polar surface area (TPSA) is 64.7 Å².